The summed E-state index contributed by atoms with van der Waals surface area (Å²) in [6.07, 6.45) is 1.65. The molecule has 6 heteroatoms. The zero-order chi connectivity index (χ0) is 28.0. The van der Waals surface area contributed by atoms with Crippen LogP contribution in [0.2, 0.25) is 0 Å². The van der Waals surface area contributed by atoms with Crippen LogP contribution in [-0.4, -0.2) is 42.9 Å². The number of para-hydroxylation sites is 2. The van der Waals surface area contributed by atoms with Gasteiger partial charge < -0.3 is 19.5 Å². The number of benzene rings is 4. The van der Waals surface area contributed by atoms with Crippen LogP contribution in [0.25, 0.3) is 10.9 Å². The van der Waals surface area contributed by atoms with Gasteiger partial charge in [-0.25, -0.2) is 0 Å². The zero-order valence-electron chi connectivity index (χ0n) is 23.3. The van der Waals surface area contributed by atoms with E-state index in [2.05, 4.69) is 129 Å². The maximum atomic E-state index is 13.4. The molecule has 206 valence electrons. The quantitative estimate of drug-likeness (QED) is 0.302. The molecule has 0 spiro atoms. The number of hydrogen-bond donors (Lipinski definition) is 2. The Bertz CT molecular complexity index is 1700. The molecule has 7 rings (SSSR count). The van der Waals surface area contributed by atoms with Crippen molar-refractivity contribution in [2.75, 3.05) is 19.1 Å². The number of rotatable bonds is 7. The Morgan fingerprint density at radius 3 is 2.17 bits per heavy atom. The second-order valence-electron chi connectivity index (χ2n) is 11.0. The highest BCUT2D eigenvalue weighted by molar-refractivity contribution is 5.91. The number of aromatic nitrogens is 1. The van der Waals surface area contributed by atoms with E-state index in [1.54, 1.807) is 14.2 Å². The minimum Gasteiger partial charge on any atom is -0.378 e. The fourth-order valence-corrected chi connectivity index (χ4v) is 7.24. The standard InChI is InChI=1S/C35H34N4O2/c1-36-33(40)31-32(41-2)35(28-23-38(21-24-13-5-3-6-14-24)29-19-11-9-17-26(28)29)27-18-10-12-20-30(27)39(34(35)37-31)22-25-15-7-4-8-16-25/h3-20,23,31-32,34,37H,21-22H2,1-2H3,(H,36,40)/t31-,32+,34-,35+/m0/s1. The largest absolute Gasteiger partial charge is 0.378 e. The SMILES string of the molecule is CNC(=O)[C@H]1N[C@H]2N(Cc3ccccc3)c3ccccc3[C@@]2(c2cn(Cc3ccccc3)c3ccccc23)[C@@H]1OC. The molecule has 1 saturated heterocycles. The number of carbonyl (C=O) groups is 1. The van der Waals surface area contributed by atoms with Crippen molar-refractivity contribution in [3.05, 3.63) is 138 Å². The first kappa shape index (κ1) is 25.6. The van der Waals surface area contributed by atoms with Crippen molar-refractivity contribution in [3.8, 4) is 0 Å². The lowest BCUT2D eigenvalue weighted by atomic mass is 9.70. The molecular weight excluding hydrogens is 508 g/mol. The molecule has 41 heavy (non-hydrogen) atoms. The topological polar surface area (TPSA) is 58.5 Å². The average Bonchev–Trinajstić information content (AvgIpc) is 3.64. The van der Waals surface area contributed by atoms with Crippen LogP contribution in [0.5, 0.6) is 0 Å². The van der Waals surface area contributed by atoms with Gasteiger partial charge in [0.25, 0.3) is 0 Å². The van der Waals surface area contributed by atoms with Gasteiger partial charge in [-0.2, -0.15) is 0 Å². The number of nitrogens with one attached hydrogen (secondary N) is 2. The highest BCUT2D eigenvalue weighted by Crippen LogP contribution is 2.57. The molecule has 0 unspecified atom stereocenters. The minimum atomic E-state index is -0.640. The van der Waals surface area contributed by atoms with Gasteiger partial charge in [-0.1, -0.05) is 97.1 Å². The van der Waals surface area contributed by atoms with Crippen LogP contribution in [0.3, 0.4) is 0 Å². The lowest BCUT2D eigenvalue weighted by Gasteiger charge is -2.37. The smallest absolute Gasteiger partial charge is 0.239 e. The molecule has 0 bridgehead atoms. The summed E-state index contributed by atoms with van der Waals surface area (Å²) in [6.45, 7) is 1.46. The fraction of sp³-hybridized carbons (Fsp3) is 0.229. The van der Waals surface area contributed by atoms with E-state index in [1.165, 1.54) is 27.6 Å². The second kappa shape index (κ2) is 10.2. The first-order valence-electron chi connectivity index (χ1n) is 14.2. The van der Waals surface area contributed by atoms with E-state index in [1.807, 2.05) is 6.07 Å². The highest BCUT2D eigenvalue weighted by Gasteiger charge is 2.66. The van der Waals surface area contributed by atoms with E-state index in [4.69, 9.17) is 4.74 Å². The van der Waals surface area contributed by atoms with Gasteiger partial charge >= 0.3 is 0 Å². The van der Waals surface area contributed by atoms with Crippen molar-refractivity contribution in [2.24, 2.45) is 0 Å². The van der Waals surface area contributed by atoms with Gasteiger partial charge in [0, 0.05) is 50.0 Å². The maximum absolute atomic E-state index is 13.4. The van der Waals surface area contributed by atoms with Crippen molar-refractivity contribution in [3.63, 3.8) is 0 Å². The van der Waals surface area contributed by atoms with E-state index in [-0.39, 0.29) is 12.1 Å². The lowest BCUT2D eigenvalue weighted by Crippen LogP contribution is -2.50. The summed E-state index contributed by atoms with van der Waals surface area (Å²) >= 11 is 0. The molecule has 6 nitrogen and oxygen atoms in total. The van der Waals surface area contributed by atoms with E-state index in [0.29, 0.717) is 6.54 Å². The summed E-state index contributed by atoms with van der Waals surface area (Å²) in [5.41, 5.74) is 6.48. The number of ether oxygens (including phenoxy) is 1. The van der Waals surface area contributed by atoms with Gasteiger partial charge in [0.2, 0.25) is 5.91 Å². The van der Waals surface area contributed by atoms with Crippen molar-refractivity contribution in [1.29, 1.82) is 0 Å². The van der Waals surface area contributed by atoms with Crippen molar-refractivity contribution < 1.29 is 9.53 Å². The van der Waals surface area contributed by atoms with Crippen molar-refractivity contribution in [1.82, 2.24) is 15.2 Å². The summed E-state index contributed by atoms with van der Waals surface area (Å²) < 4.78 is 8.73. The summed E-state index contributed by atoms with van der Waals surface area (Å²) in [5.74, 6) is -0.0733. The number of amides is 1. The van der Waals surface area contributed by atoms with Gasteiger partial charge in [-0.3, -0.25) is 10.1 Å². The molecule has 0 saturated carbocycles. The Hall–Kier alpha value is -4.39. The molecule has 2 aliphatic rings. The van der Waals surface area contributed by atoms with Crippen LogP contribution in [0.4, 0.5) is 5.69 Å². The number of nitrogens with zero attached hydrogens (tertiary/aromatic N) is 2. The van der Waals surface area contributed by atoms with Gasteiger partial charge in [-0.15, -0.1) is 0 Å². The van der Waals surface area contributed by atoms with Gasteiger partial charge in [0.15, 0.2) is 0 Å². The summed E-state index contributed by atoms with van der Waals surface area (Å²) in [7, 11) is 3.43. The van der Waals surface area contributed by atoms with E-state index in [0.717, 1.165) is 17.7 Å². The lowest BCUT2D eigenvalue weighted by molar-refractivity contribution is -0.125. The summed E-state index contributed by atoms with van der Waals surface area (Å²) in [4.78, 5) is 15.8. The fourth-order valence-electron chi connectivity index (χ4n) is 7.24. The first-order valence-corrected chi connectivity index (χ1v) is 14.2. The molecule has 3 heterocycles. The third-order valence-corrected chi connectivity index (χ3v) is 8.90. The third-order valence-electron chi connectivity index (χ3n) is 8.90. The molecule has 5 aromatic rings. The Labute approximate surface area is 240 Å². The minimum absolute atomic E-state index is 0.0733. The third kappa shape index (κ3) is 3.90. The number of hydrogen-bond acceptors (Lipinski definition) is 4. The molecule has 2 aliphatic heterocycles. The molecule has 1 amide bonds. The molecule has 1 aromatic heterocycles. The van der Waals surface area contributed by atoms with E-state index >= 15 is 0 Å². The zero-order valence-corrected chi connectivity index (χ0v) is 23.3. The number of likely N-dealkylation sites (N-methyl/N-ethyl adjacent to an activating group) is 1. The molecule has 4 aromatic carbocycles. The van der Waals surface area contributed by atoms with Crippen LogP contribution in [0, 0.1) is 0 Å². The molecule has 4 atom stereocenters. The molecule has 1 fully saturated rings. The molecule has 2 N–H and O–H groups in total. The normalized spacial score (nSPS) is 23.0. The predicted molar refractivity (Wildman–Crippen MR) is 163 cm³/mol. The second-order valence-corrected chi connectivity index (χ2v) is 11.0. The molecule has 0 aliphatic carbocycles. The van der Waals surface area contributed by atoms with Gasteiger partial charge in [0.1, 0.15) is 6.04 Å². The van der Waals surface area contributed by atoms with Crippen molar-refractivity contribution >= 4 is 22.5 Å². The highest BCUT2D eigenvalue weighted by atomic mass is 16.5. The molecule has 0 radical (unpaired) electrons. The van der Waals surface area contributed by atoms with Crippen LogP contribution in [0.1, 0.15) is 22.3 Å². The maximum Gasteiger partial charge on any atom is 0.239 e. The number of anilines is 1. The van der Waals surface area contributed by atoms with Gasteiger partial charge in [-0.05, 0) is 34.4 Å². The van der Waals surface area contributed by atoms with Gasteiger partial charge in [0.05, 0.1) is 17.7 Å². The van der Waals surface area contributed by atoms with Crippen molar-refractivity contribution in [2.45, 2.75) is 36.8 Å². The van der Waals surface area contributed by atoms with Crippen LogP contribution >= 0.6 is 0 Å². The number of fused-ring (bicyclic) bond motifs is 4. The van der Waals surface area contributed by atoms with Crippen LogP contribution in [-0.2, 0) is 28.0 Å². The Morgan fingerprint density at radius 1 is 0.829 bits per heavy atom. The average molecular weight is 543 g/mol. The summed E-state index contributed by atoms with van der Waals surface area (Å²) in [6, 6.07) is 37.8. The van der Waals surface area contributed by atoms with E-state index in [9.17, 15) is 4.79 Å². The molecular formula is C35H34N4O2. The monoisotopic (exact) mass is 542 g/mol. The predicted octanol–water partition coefficient (Wildman–Crippen LogP) is 5.05. The Balaban J connectivity index is 1.48. The van der Waals surface area contributed by atoms with Crippen LogP contribution < -0.4 is 15.5 Å². The van der Waals surface area contributed by atoms with E-state index < -0.39 is 17.6 Å². The first-order chi connectivity index (χ1) is 20.2. The van der Waals surface area contributed by atoms with Crippen LogP contribution in [0.15, 0.2) is 115 Å². The Kier molecular flexibility index (Phi) is 6.37. The number of carbonyl (C=O) groups excluding carboxylic acids is 1. The number of methoxy groups -OCH3 is 1. The summed E-state index contributed by atoms with van der Waals surface area (Å²) in [5, 5.41) is 7.82. The Morgan fingerprint density at radius 2 is 1.46 bits per heavy atom.